The molecule has 164 valence electrons. The molecule has 1 aromatic carbocycles. The monoisotopic (exact) mass is 447 g/mol. The fraction of sp³-hybridized carbons (Fsp3) is 0.417. The van der Waals surface area contributed by atoms with Gasteiger partial charge in [0.25, 0.3) is 0 Å². The van der Waals surface area contributed by atoms with E-state index >= 15 is 0 Å². The lowest BCUT2D eigenvalue weighted by molar-refractivity contribution is -0.137. The van der Waals surface area contributed by atoms with Crippen molar-refractivity contribution in [2.24, 2.45) is 10.9 Å². The number of hydrogen-bond donors (Lipinski definition) is 2. The first kappa shape index (κ1) is 19.8. The van der Waals surface area contributed by atoms with Gasteiger partial charge in [-0.25, -0.2) is 9.97 Å². The number of aliphatic hydroxyl groups excluding tert-OH is 1. The minimum atomic E-state index is -0.262. The summed E-state index contributed by atoms with van der Waals surface area (Å²) in [6.07, 6.45) is 7.12. The summed E-state index contributed by atoms with van der Waals surface area (Å²) >= 11 is 1.69. The second-order valence-corrected chi connectivity index (χ2v) is 9.99. The molecule has 1 fully saturated rings. The highest BCUT2D eigenvalue weighted by Crippen LogP contribution is 2.41. The summed E-state index contributed by atoms with van der Waals surface area (Å²) in [6.45, 7) is 2.09. The molecule has 2 N–H and O–H groups in total. The number of piperidine rings is 1. The van der Waals surface area contributed by atoms with Gasteiger partial charge in [-0.05, 0) is 60.9 Å². The van der Waals surface area contributed by atoms with Gasteiger partial charge in [-0.15, -0.1) is 11.3 Å². The SMILES string of the molecule is O=C(C1CCc2c(sc3ncnc(Nc4ccc5c(c4)C=NC5)c23)C1)N1CCC(O)CC1. The van der Waals surface area contributed by atoms with Crippen LogP contribution in [0.15, 0.2) is 29.5 Å². The average Bonchev–Trinajstić information content (AvgIpc) is 3.43. The summed E-state index contributed by atoms with van der Waals surface area (Å²) in [5.41, 5.74) is 4.68. The van der Waals surface area contributed by atoms with E-state index in [0.717, 1.165) is 53.1 Å². The summed E-state index contributed by atoms with van der Waals surface area (Å²) in [7, 11) is 0. The number of nitrogens with one attached hydrogen (secondary N) is 1. The first-order chi connectivity index (χ1) is 15.7. The number of nitrogens with zero attached hydrogens (tertiary/aromatic N) is 4. The lowest BCUT2D eigenvalue weighted by Gasteiger charge is -2.33. The fourth-order valence-corrected chi connectivity index (χ4v) is 6.34. The molecule has 7 nitrogen and oxygen atoms in total. The second-order valence-electron chi connectivity index (χ2n) is 8.91. The summed E-state index contributed by atoms with van der Waals surface area (Å²) in [6, 6.07) is 6.30. The molecular weight excluding hydrogens is 422 g/mol. The summed E-state index contributed by atoms with van der Waals surface area (Å²) in [5, 5.41) is 14.3. The number of aliphatic hydroxyl groups is 1. The number of carbonyl (C=O) groups is 1. The number of anilines is 2. The maximum Gasteiger partial charge on any atom is 0.226 e. The van der Waals surface area contributed by atoms with Crippen molar-refractivity contribution in [1.29, 1.82) is 0 Å². The Labute approximate surface area is 190 Å². The molecule has 8 heteroatoms. The van der Waals surface area contributed by atoms with Gasteiger partial charge in [-0.2, -0.15) is 0 Å². The summed E-state index contributed by atoms with van der Waals surface area (Å²) < 4.78 is 0. The molecule has 2 aliphatic heterocycles. The van der Waals surface area contributed by atoms with E-state index in [2.05, 4.69) is 38.5 Å². The Balaban J connectivity index is 1.26. The van der Waals surface area contributed by atoms with Crippen LogP contribution < -0.4 is 5.32 Å². The van der Waals surface area contributed by atoms with Crippen LogP contribution in [0.4, 0.5) is 11.5 Å². The number of likely N-dealkylation sites (tertiary alicyclic amines) is 1. The molecule has 1 amide bonds. The number of aromatic nitrogens is 2. The van der Waals surface area contributed by atoms with E-state index in [1.54, 1.807) is 17.7 Å². The van der Waals surface area contributed by atoms with Crippen LogP contribution in [-0.4, -0.2) is 51.3 Å². The van der Waals surface area contributed by atoms with Gasteiger partial charge >= 0.3 is 0 Å². The zero-order chi connectivity index (χ0) is 21.7. The predicted molar refractivity (Wildman–Crippen MR) is 126 cm³/mol. The minimum Gasteiger partial charge on any atom is -0.393 e. The maximum absolute atomic E-state index is 13.1. The van der Waals surface area contributed by atoms with Gasteiger partial charge in [-0.1, -0.05) is 6.07 Å². The van der Waals surface area contributed by atoms with Crippen molar-refractivity contribution in [1.82, 2.24) is 14.9 Å². The fourth-order valence-electron chi connectivity index (χ4n) is 5.08. The van der Waals surface area contributed by atoms with Crippen LogP contribution >= 0.6 is 11.3 Å². The second kappa shape index (κ2) is 7.94. The Kier molecular flexibility index (Phi) is 4.91. The van der Waals surface area contributed by atoms with E-state index in [1.165, 1.54) is 16.0 Å². The average molecular weight is 448 g/mol. The van der Waals surface area contributed by atoms with Gasteiger partial charge in [0.1, 0.15) is 17.0 Å². The lowest BCUT2D eigenvalue weighted by atomic mass is 9.86. The van der Waals surface area contributed by atoms with E-state index in [0.29, 0.717) is 25.9 Å². The van der Waals surface area contributed by atoms with E-state index in [-0.39, 0.29) is 17.9 Å². The molecule has 1 aliphatic carbocycles. The quantitative estimate of drug-likeness (QED) is 0.642. The molecule has 3 aliphatic rings. The van der Waals surface area contributed by atoms with Crippen LogP contribution in [0.25, 0.3) is 10.2 Å². The number of rotatable bonds is 3. The number of aliphatic imine (C=N–C) groups is 1. The molecule has 0 bridgehead atoms. The number of fused-ring (bicyclic) bond motifs is 4. The molecule has 4 heterocycles. The first-order valence-electron chi connectivity index (χ1n) is 11.3. The molecule has 32 heavy (non-hydrogen) atoms. The highest BCUT2D eigenvalue weighted by molar-refractivity contribution is 7.19. The van der Waals surface area contributed by atoms with Gasteiger partial charge < -0.3 is 15.3 Å². The highest BCUT2D eigenvalue weighted by atomic mass is 32.1. The van der Waals surface area contributed by atoms with E-state index < -0.39 is 0 Å². The van der Waals surface area contributed by atoms with Crippen molar-refractivity contribution >= 4 is 45.2 Å². The molecule has 6 rings (SSSR count). The molecule has 1 unspecified atom stereocenters. The molecule has 1 saturated heterocycles. The van der Waals surface area contributed by atoms with Crippen molar-refractivity contribution in [3.05, 3.63) is 46.1 Å². The molecule has 1 atom stereocenters. The molecule has 0 spiro atoms. The predicted octanol–water partition coefficient (Wildman–Crippen LogP) is 3.46. The molecule has 0 saturated carbocycles. The molecule has 2 aromatic heterocycles. The third kappa shape index (κ3) is 3.47. The highest BCUT2D eigenvalue weighted by Gasteiger charge is 2.32. The van der Waals surface area contributed by atoms with Crippen molar-refractivity contribution in [3.8, 4) is 0 Å². The number of aryl methyl sites for hydroxylation is 1. The maximum atomic E-state index is 13.1. The molecule has 3 aromatic rings. The third-order valence-corrected chi connectivity index (χ3v) is 8.03. The van der Waals surface area contributed by atoms with E-state index in [1.807, 2.05) is 11.1 Å². The van der Waals surface area contributed by atoms with Crippen LogP contribution in [0.5, 0.6) is 0 Å². The number of amides is 1. The minimum absolute atomic E-state index is 0.0196. The number of hydrogen-bond acceptors (Lipinski definition) is 7. The Bertz CT molecular complexity index is 1230. The Morgan fingerprint density at radius 2 is 2.06 bits per heavy atom. The van der Waals surface area contributed by atoms with Crippen LogP contribution in [0.3, 0.4) is 0 Å². The summed E-state index contributed by atoms with van der Waals surface area (Å²) in [4.78, 5) is 30.7. The summed E-state index contributed by atoms with van der Waals surface area (Å²) in [5.74, 6) is 1.09. The van der Waals surface area contributed by atoms with Crippen molar-refractivity contribution < 1.29 is 9.90 Å². The van der Waals surface area contributed by atoms with Crippen LogP contribution in [0.2, 0.25) is 0 Å². The zero-order valence-corrected chi connectivity index (χ0v) is 18.6. The van der Waals surface area contributed by atoms with Gasteiger partial charge in [0.15, 0.2) is 0 Å². The normalized spacial score (nSPS) is 20.4. The largest absolute Gasteiger partial charge is 0.393 e. The van der Waals surface area contributed by atoms with Crippen molar-refractivity contribution in [2.75, 3.05) is 18.4 Å². The molecular formula is C24H25N5O2S. The number of carbonyl (C=O) groups excluding carboxylic acids is 1. The van der Waals surface area contributed by atoms with Gasteiger partial charge in [0.05, 0.1) is 18.0 Å². The van der Waals surface area contributed by atoms with E-state index in [4.69, 9.17) is 0 Å². The third-order valence-electron chi connectivity index (χ3n) is 6.87. The number of benzene rings is 1. The van der Waals surface area contributed by atoms with Gasteiger partial charge in [0, 0.05) is 35.8 Å². The van der Waals surface area contributed by atoms with Crippen LogP contribution in [0.1, 0.15) is 40.8 Å². The standard InChI is InChI=1S/C24H25N5O2S/c30-18-5-7-29(8-6-18)24(31)14-2-4-19-20(10-14)32-23-21(19)22(26-13-27-23)28-17-3-1-15-11-25-12-16(15)9-17/h1,3,9,12-14,18,30H,2,4-8,10-11H2,(H,26,27,28). The smallest absolute Gasteiger partial charge is 0.226 e. The zero-order valence-electron chi connectivity index (χ0n) is 17.8. The lowest BCUT2D eigenvalue weighted by Crippen LogP contribution is -2.44. The van der Waals surface area contributed by atoms with Crippen LogP contribution in [-0.2, 0) is 24.2 Å². The van der Waals surface area contributed by atoms with Gasteiger partial charge in [-0.3, -0.25) is 9.79 Å². The Morgan fingerprint density at radius 1 is 1.19 bits per heavy atom. The number of thiophene rings is 1. The van der Waals surface area contributed by atoms with Gasteiger partial charge in [0.2, 0.25) is 5.91 Å². The Hall–Kier alpha value is -2.84. The first-order valence-corrected chi connectivity index (χ1v) is 12.1. The topological polar surface area (TPSA) is 90.7 Å². The van der Waals surface area contributed by atoms with Crippen molar-refractivity contribution in [3.63, 3.8) is 0 Å². The van der Waals surface area contributed by atoms with Crippen LogP contribution in [0, 0.1) is 5.92 Å². The van der Waals surface area contributed by atoms with E-state index in [9.17, 15) is 9.90 Å². The Morgan fingerprint density at radius 3 is 2.94 bits per heavy atom. The molecule has 0 radical (unpaired) electrons. The van der Waals surface area contributed by atoms with Crippen molar-refractivity contribution in [2.45, 2.75) is 44.8 Å².